The molecule has 0 amide bonds. The summed E-state index contributed by atoms with van der Waals surface area (Å²) in [6.45, 7) is 10.1. The van der Waals surface area contributed by atoms with E-state index < -0.39 is 5.60 Å². The van der Waals surface area contributed by atoms with Gasteiger partial charge >= 0.3 is 11.9 Å². The van der Waals surface area contributed by atoms with E-state index in [9.17, 15) is 14.7 Å². The van der Waals surface area contributed by atoms with Crippen molar-refractivity contribution in [3.63, 3.8) is 0 Å². The molecule has 0 saturated heterocycles. The Balaban J connectivity index is 2.23. The van der Waals surface area contributed by atoms with Crippen LogP contribution in [0.1, 0.15) is 73.1 Å². The molecule has 2 saturated carbocycles. The van der Waals surface area contributed by atoms with Crippen LogP contribution in [0.4, 0.5) is 0 Å². The van der Waals surface area contributed by atoms with Crippen molar-refractivity contribution in [1.82, 2.24) is 0 Å². The number of rotatable bonds is 5. The van der Waals surface area contributed by atoms with Gasteiger partial charge < -0.3 is 14.6 Å². The zero-order chi connectivity index (χ0) is 18.9. The quantitative estimate of drug-likeness (QED) is 0.765. The second kappa shape index (κ2) is 7.26. The van der Waals surface area contributed by atoms with Crippen LogP contribution in [0.3, 0.4) is 0 Å². The van der Waals surface area contributed by atoms with Gasteiger partial charge in [-0.3, -0.25) is 9.59 Å². The molecule has 0 aromatic carbocycles. The van der Waals surface area contributed by atoms with Gasteiger partial charge in [0.1, 0.15) is 0 Å². The predicted octanol–water partition coefficient (Wildman–Crippen LogP) is 3.48. The Kier molecular flexibility index (Phi) is 5.87. The molecule has 25 heavy (non-hydrogen) atoms. The topological polar surface area (TPSA) is 72.8 Å². The van der Waals surface area contributed by atoms with Gasteiger partial charge in [0.25, 0.3) is 0 Å². The molecule has 2 rings (SSSR count). The maximum atomic E-state index is 11.3. The highest BCUT2D eigenvalue weighted by Crippen LogP contribution is 2.62. The summed E-state index contributed by atoms with van der Waals surface area (Å²) in [5.41, 5.74) is -0.866. The minimum Gasteiger partial charge on any atom is -0.466 e. The Labute approximate surface area is 151 Å². The lowest BCUT2D eigenvalue weighted by Gasteiger charge is -2.61. The van der Waals surface area contributed by atoms with E-state index in [4.69, 9.17) is 9.47 Å². The Bertz CT molecular complexity index is 510. The van der Waals surface area contributed by atoms with Crippen LogP contribution in [0.2, 0.25) is 0 Å². The van der Waals surface area contributed by atoms with Crippen LogP contribution >= 0.6 is 0 Å². The molecule has 0 unspecified atom stereocenters. The number of aliphatic hydroxyl groups is 1. The molecular formula is C20H34O5. The molecule has 0 heterocycles. The first-order chi connectivity index (χ1) is 11.5. The first kappa shape index (κ1) is 20.2. The summed E-state index contributed by atoms with van der Waals surface area (Å²) in [6.07, 6.45) is 5.49. The molecule has 5 nitrogen and oxygen atoms in total. The lowest BCUT2D eigenvalue weighted by molar-refractivity contribution is -0.189. The van der Waals surface area contributed by atoms with Gasteiger partial charge in [0.15, 0.2) is 0 Å². The predicted molar refractivity (Wildman–Crippen MR) is 94.8 cm³/mol. The molecule has 0 aromatic heterocycles. The lowest BCUT2D eigenvalue weighted by atomic mass is 9.45. The van der Waals surface area contributed by atoms with Crippen molar-refractivity contribution >= 4 is 11.9 Å². The Morgan fingerprint density at radius 2 is 1.68 bits per heavy atom. The van der Waals surface area contributed by atoms with Gasteiger partial charge in [0.2, 0.25) is 0 Å². The summed E-state index contributed by atoms with van der Waals surface area (Å²) < 4.78 is 10.6. The molecule has 0 aromatic rings. The van der Waals surface area contributed by atoms with E-state index in [1.165, 1.54) is 13.8 Å². The zero-order valence-electron chi connectivity index (χ0n) is 16.4. The van der Waals surface area contributed by atoms with E-state index in [1.54, 1.807) is 0 Å². The third-order valence-electron chi connectivity index (χ3n) is 6.90. The van der Waals surface area contributed by atoms with E-state index in [-0.39, 0.29) is 28.7 Å². The van der Waals surface area contributed by atoms with Gasteiger partial charge in [-0.05, 0) is 56.3 Å². The maximum Gasteiger partial charge on any atom is 0.302 e. The van der Waals surface area contributed by atoms with Crippen LogP contribution in [-0.2, 0) is 19.1 Å². The molecule has 0 radical (unpaired) electrons. The van der Waals surface area contributed by atoms with Gasteiger partial charge in [0.05, 0.1) is 18.8 Å². The van der Waals surface area contributed by atoms with E-state index in [0.29, 0.717) is 25.6 Å². The normalized spacial score (nSPS) is 40.9. The van der Waals surface area contributed by atoms with Gasteiger partial charge in [-0.1, -0.05) is 20.3 Å². The Hall–Kier alpha value is -1.10. The third-order valence-corrected chi connectivity index (χ3v) is 6.90. The molecule has 144 valence electrons. The first-order valence-electron chi connectivity index (χ1n) is 9.50. The van der Waals surface area contributed by atoms with Gasteiger partial charge in [-0.2, -0.15) is 0 Å². The Morgan fingerprint density at radius 3 is 2.28 bits per heavy atom. The summed E-state index contributed by atoms with van der Waals surface area (Å²) in [4.78, 5) is 22.5. The number of ether oxygens (including phenoxy) is 2. The minimum atomic E-state index is -0.759. The van der Waals surface area contributed by atoms with Crippen LogP contribution in [-0.4, -0.2) is 35.9 Å². The highest BCUT2D eigenvalue weighted by molar-refractivity contribution is 5.66. The smallest absolute Gasteiger partial charge is 0.302 e. The lowest BCUT2D eigenvalue weighted by Crippen LogP contribution is -2.59. The van der Waals surface area contributed by atoms with Crippen LogP contribution < -0.4 is 0 Å². The number of carbonyl (C=O) groups is 2. The Morgan fingerprint density at radius 1 is 1.04 bits per heavy atom. The maximum absolute atomic E-state index is 11.3. The summed E-state index contributed by atoms with van der Waals surface area (Å²) in [6, 6.07) is 0. The summed E-state index contributed by atoms with van der Waals surface area (Å²) >= 11 is 0. The fourth-order valence-corrected chi connectivity index (χ4v) is 5.83. The number of esters is 2. The van der Waals surface area contributed by atoms with Gasteiger partial charge in [-0.15, -0.1) is 0 Å². The van der Waals surface area contributed by atoms with E-state index in [2.05, 4.69) is 13.8 Å². The van der Waals surface area contributed by atoms with Gasteiger partial charge in [0, 0.05) is 19.3 Å². The van der Waals surface area contributed by atoms with Crippen molar-refractivity contribution in [1.29, 1.82) is 0 Å². The fourth-order valence-electron chi connectivity index (χ4n) is 5.83. The van der Waals surface area contributed by atoms with Gasteiger partial charge in [-0.25, -0.2) is 0 Å². The second-order valence-electron chi connectivity index (χ2n) is 8.92. The molecule has 0 spiro atoms. The molecule has 2 aliphatic rings. The van der Waals surface area contributed by atoms with Crippen LogP contribution in [0.25, 0.3) is 0 Å². The highest BCUT2D eigenvalue weighted by Gasteiger charge is 2.59. The van der Waals surface area contributed by atoms with Crippen molar-refractivity contribution < 1.29 is 24.2 Å². The second-order valence-corrected chi connectivity index (χ2v) is 8.92. The van der Waals surface area contributed by atoms with Crippen LogP contribution in [0, 0.1) is 22.7 Å². The van der Waals surface area contributed by atoms with Crippen LogP contribution in [0.15, 0.2) is 0 Å². The summed E-state index contributed by atoms with van der Waals surface area (Å²) in [5, 5.41) is 11.1. The molecule has 0 bridgehead atoms. The van der Waals surface area contributed by atoms with E-state index in [0.717, 1.165) is 32.1 Å². The number of hydrogen-bond acceptors (Lipinski definition) is 5. The van der Waals surface area contributed by atoms with E-state index in [1.807, 2.05) is 6.92 Å². The monoisotopic (exact) mass is 354 g/mol. The summed E-state index contributed by atoms with van der Waals surface area (Å²) in [5.74, 6) is -0.0612. The fraction of sp³-hybridized carbons (Fsp3) is 0.900. The third kappa shape index (κ3) is 4.18. The average molecular weight is 354 g/mol. The molecule has 2 fully saturated rings. The average Bonchev–Trinajstić information content (AvgIpc) is 2.47. The molecule has 5 atom stereocenters. The van der Waals surface area contributed by atoms with Crippen molar-refractivity contribution in [3.05, 3.63) is 0 Å². The molecular weight excluding hydrogens is 320 g/mol. The number of hydrogen-bond donors (Lipinski definition) is 1. The molecule has 1 N–H and O–H groups in total. The highest BCUT2D eigenvalue weighted by atomic mass is 16.5. The standard InChI is InChI=1S/C20H34O5/c1-14(21)24-12-8-17-19(4)10-6-9-18(3,13-25-15(2)22)16(19)7-11-20(17,5)23/h16-17,23H,6-13H2,1-5H3/t16-,17+,18-,19-,20+/m0/s1. The number of carbonyl (C=O) groups excluding carboxylic acids is 2. The van der Waals surface area contributed by atoms with Crippen molar-refractivity contribution in [2.24, 2.45) is 22.7 Å². The van der Waals surface area contributed by atoms with Crippen molar-refractivity contribution in [2.75, 3.05) is 13.2 Å². The summed E-state index contributed by atoms with van der Waals surface area (Å²) in [7, 11) is 0. The number of fused-ring (bicyclic) bond motifs is 1. The minimum absolute atomic E-state index is 0.0466. The zero-order valence-corrected chi connectivity index (χ0v) is 16.4. The largest absolute Gasteiger partial charge is 0.466 e. The molecule has 0 aliphatic heterocycles. The van der Waals surface area contributed by atoms with E-state index >= 15 is 0 Å². The molecule has 5 heteroatoms. The first-order valence-corrected chi connectivity index (χ1v) is 9.50. The SMILES string of the molecule is CC(=O)OCC[C@@H]1[C@@]2(C)CCC[C@@](C)(COC(C)=O)[C@@H]2CC[C@@]1(C)O. The van der Waals surface area contributed by atoms with Crippen LogP contribution in [0.5, 0.6) is 0 Å². The van der Waals surface area contributed by atoms with Crippen molar-refractivity contribution in [2.45, 2.75) is 78.7 Å². The molecule has 2 aliphatic carbocycles. The van der Waals surface area contributed by atoms with Crippen molar-refractivity contribution in [3.8, 4) is 0 Å².